The van der Waals surface area contributed by atoms with E-state index in [0.717, 1.165) is 31.2 Å². The maximum Gasteiger partial charge on any atom is 0.237 e. The Morgan fingerprint density at radius 1 is 1.46 bits per heavy atom. The molecule has 3 N–H and O–H groups in total. The first-order valence-corrected chi connectivity index (χ1v) is 9.29. The summed E-state index contributed by atoms with van der Waals surface area (Å²) in [6, 6.07) is 10.1. The first-order chi connectivity index (χ1) is 12.7. The van der Waals surface area contributed by atoms with E-state index in [4.69, 9.17) is 0 Å². The lowest BCUT2D eigenvalue weighted by Gasteiger charge is -2.37. The molecule has 0 radical (unpaired) electrons. The lowest BCUT2D eigenvalue weighted by Crippen LogP contribution is -2.55. The zero-order chi connectivity index (χ0) is 18.1. The van der Waals surface area contributed by atoms with E-state index in [2.05, 4.69) is 28.5 Å². The van der Waals surface area contributed by atoms with E-state index >= 15 is 0 Å². The van der Waals surface area contributed by atoms with E-state index in [-0.39, 0.29) is 25.1 Å². The number of rotatable bonds is 4. The van der Waals surface area contributed by atoms with Crippen LogP contribution < -0.4 is 5.32 Å². The molecular formula is C20H24N4O2. The van der Waals surface area contributed by atoms with Gasteiger partial charge in [0.2, 0.25) is 5.91 Å². The summed E-state index contributed by atoms with van der Waals surface area (Å²) in [7, 11) is 0. The van der Waals surface area contributed by atoms with Crippen molar-refractivity contribution in [3.8, 4) is 6.07 Å². The second kappa shape index (κ2) is 6.75. The Morgan fingerprint density at radius 2 is 2.31 bits per heavy atom. The van der Waals surface area contributed by atoms with Gasteiger partial charge >= 0.3 is 0 Å². The number of fused-ring (bicyclic) bond motifs is 3. The van der Waals surface area contributed by atoms with Crippen molar-refractivity contribution in [2.75, 3.05) is 19.7 Å². The highest BCUT2D eigenvalue weighted by molar-refractivity contribution is 5.85. The quantitative estimate of drug-likeness (QED) is 0.777. The van der Waals surface area contributed by atoms with Crippen molar-refractivity contribution in [1.29, 1.82) is 5.26 Å². The fourth-order valence-corrected chi connectivity index (χ4v) is 4.37. The molecule has 1 saturated heterocycles. The molecule has 1 amide bonds. The van der Waals surface area contributed by atoms with Crippen molar-refractivity contribution < 1.29 is 9.90 Å². The Morgan fingerprint density at radius 3 is 3.12 bits per heavy atom. The van der Waals surface area contributed by atoms with Gasteiger partial charge in [-0.15, -0.1) is 0 Å². The summed E-state index contributed by atoms with van der Waals surface area (Å²) >= 11 is 0. The van der Waals surface area contributed by atoms with Crippen molar-refractivity contribution in [2.45, 2.75) is 43.7 Å². The summed E-state index contributed by atoms with van der Waals surface area (Å²) < 4.78 is 0. The van der Waals surface area contributed by atoms with E-state index in [1.54, 1.807) is 4.90 Å². The van der Waals surface area contributed by atoms with Crippen LogP contribution in [0, 0.1) is 11.3 Å². The molecule has 2 heterocycles. The number of carbonyl (C=O) groups is 1. The van der Waals surface area contributed by atoms with Crippen LogP contribution in [0.5, 0.6) is 0 Å². The van der Waals surface area contributed by atoms with Gasteiger partial charge in [0.05, 0.1) is 19.2 Å². The number of aryl methyl sites for hydroxylation is 1. The largest absolute Gasteiger partial charge is 0.394 e. The minimum atomic E-state index is -0.491. The fraction of sp³-hybridized carbons (Fsp3) is 0.500. The first kappa shape index (κ1) is 17.1. The summed E-state index contributed by atoms with van der Waals surface area (Å²) in [5.41, 5.74) is 3.09. The minimum Gasteiger partial charge on any atom is -0.394 e. The van der Waals surface area contributed by atoms with Crippen LogP contribution in [0.25, 0.3) is 10.9 Å². The van der Waals surface area contributed by atoms with Gasteiger partial charge in [0, 0.05) is 28.7 Å². The summed E-state index contributed by atoms with van der Waals surface area (Å²) in [5.74, 6) is -0.0494. The topological polar surface area (TPSA) is 92.2 Å². The van der Waals surface area contributed by atoms with E-state index < -0.39 is 5.54 Å². The molecule has 0 bridgehead atoms. The minimum absolute atomic E-state index is 0.0130. The lowest BCUT2D eigenvalue weighted by molar-refractivity contribution is -0.130. The van der Waals surface area contributed by atoms with Crippen LogP contribution in [-0.2, 0) is 17.6 Å². The van der Waals surface area contributed by atoms with Gasteiger partial charge < -0.3 is 20.3 Å². The number of likely N-dealkylation sites (tertiary alicyclic amines) is 1. The Balaban J connectivity index is 1.50. The van der Waals surface area contributed by atoms with E-state index in [1.165, 1.54) is 16.6 Å². The lowest BCUT2D eigenvalue weighted by atomic mass is 9.80. The number of H-pyrrole nitrogens is 1. The molecule has 26 heavy (non-hydrogen) atoms. The van der Waals surface area contributed by atoms with Gasteiger partial charge in [-0.1, -0.05) is 18.2 Å². The zero-order valence-electron chi connectivity index (χ0n) is 14.8. The average Bonchev–Trinajstić information content (AvgIpc) is 3.30. The highest BCUT2D eigenvalue weighted by Crippen LogP contribution is 2.33. The summed E-state index contributed by atoms with van der Waals surface area (Å²) in [6.07, 6.45) is 3.95. The number of aliphatic hydroxyl groups excluding tert-OH is 1. The SMILES string of the molecule is N#CC1CCCN1C(=O)CNC1(CO)CCc2[nH]c3ccccc3c2C1. The van der Waals surface area contributed by atoms with Gasteiger partial charge in [0.1, 0.15) is 6.04 Å². The van der Waals surface area contributed by atoms with Crippen LogP contribution in [-0.4, -0.2) is 52.2 Å². The summed E-state index contributed by atoms with van der Waals surface area (Å²) in [4.78, 5) is 17.7. The fourth-order valence-electron chi connectivity index (χ4n) is 4.37. The van der Waals surface area contributed by atoms with Gasteiger partial charge in [0.15, 0.2) is 0 Å². The Labute approximate surface area is 152 Å². The van der Waals surface area contributed by atoms with Crippen molar-refractivity contribution in [1.82, 2.24) is 15.2 Å². The predicted octanol–water partition coefficient (Wildman–Crippen LogP) is 1.49. The molecule has 1 fully saturated rings. The number of nitrogens with one attached hydrogen (secondary N) is 2. The van der Waals surface area contributed by atoms with Crippen molar-refractivity contribution >= 4 is 16.8 Å². The zero-order valence-corrected chi connectivity index (χ0v) is 14.8. The Hall–Kier alpha value is -2.36. The molecule has 6 nitrogen and oxygen atoms in total. The molecule has 136 valence electrons. The molecule has 0 saturated carbocycles. The van der Waals surface area contributed by atoms with Gasteiger partial charge in [-0.3, -0.25) is 4.79 Å². The number of nitrogens with zero attached hydrogens (tertiary/aromatic N) is 2. The van der Waals surface area contributed by atoms with Crippen LogP contribution >= 0.6 is 0 Å². The molecule has 2 aromatic rings. The van der Waals surface area contributed by atoms with Crippen molar-refractivity contribution in [3.05, 3.63) is 35.5 Å². The highest BCUT2D eigenvalue weighted by Gasteiger charge is 2.37. The molecule has 2 aliphatic rings. The van der Waals surface area contributed by atoms with Crippen molar-refractivity contribution in [3.63, 3.8) is 0 Å². The molecule has 2 atom stereocenters. The number of aromatic nitrogens is 1. The molecule has 6 heteroatoms. The number of benzene rings is 1. The van der Waals surface area contributed by atoms with Crippen LogP contribution in [0.3, 0.4) is 0 Å². The molecule has 1 aromatic carbocycles. The third-order valence-electron chi connectivity index (χ3n) is 5.91. The molecular weight excluding hydrogens is 328 g/mol. The Kier molecular flexibility index (Phi) is 4.43. The van der Waals surface area contributed by atoms with E-state index in [9.17, 15) is 15.2 Å². The second-order valence-electron chi connectivity index (χ2n) is 7.47. The number of aromatic amines is 1. The molecule has 1 aliphatic heterocycles. The normalized spacial score (nSPS) is 25.2. The number of hydrogen-bond acceptors (Lipinski definition) is 4. The number of amides is 1. The maximum atomic E-state index is 12.5. The van der Waals surface area contributed by atoms with Crippen LogP contribution in [0.2, 0.25) is 0 Å². The van der Waals surface area contributed by atoms with Gasteiger partial charge in [-0.25, -0.2) is 0 Å². The predicted molar refractivity (Wildman–Crippen MR) is 98.5 cm³/mol. The van der Waals surface area contributed by atoms with Gasteiger partial charge in [0.25, 0.3) is 0 Å². The number of nitriles is 1. The third kappa shape index (κ3) is 2.87. The molecule has 1 aromatic heterocycles. The van der Waals surface area contributed by atoms with Crippen LogP contribution in [0.1, 0.15) is 30.5 Å². The summed E-state index contributed by atoms with van der Waals surface area (Å²) in [6.45, 7) is 0.800. The monoisotopic (exact) mass is 352 g/mol. The molecule has 0 spiro atoms. The van der Waals surface area contributed by atoms with Crippen LogP contribution in [0.4, 0.5) is 0 Å². The van der Waals surface area contributed by atoms with Crippen molar-refractivity contribution in [2.24, 2.45) is 0 Å². The van der Waals surface area contributed by atoms with E-state index in [1.807, 2.05) is 12.1 Å². The second-order valence-corrected chi connectivity index (χ2v) is 7.47. The number of hydrogen-bond donors (Lipinski definition) is 3. The third-order valence-corrected chi connectivity index (χ3v) is 5.91. The molecule has 1 aliphatic carbocycles. The van der Waals surface area contributed by atoms with E-state index in [0.29, 0.717) is 13.0 Å². The number of para-hydroxylation sites is 1. The molecule has 4 rings (SSSR count). The van der Waals surface area contributed by atoms with Gasteiger partial charge in [-0.2, -0.15) is 5.26 Å². The van der Waals surface area contributed by atoms with Gasteiger partial charge in [-0.05, 0) is 43.7 Å². The number of aliphatic hydroxyl groups is 1. The number of carbonyl (C=O) groups excluding carboxylic acids is 1. The smallest absolute Gasteiger partial charge is 0.237 e. The maximum absolute atomic E-state index is 12.5. The summed E-state index contributed by atoms with van der Waals surface area (Å²) in [5, 5.41) is 23.8. The average molecular weight is 352 g/mol. The standard InChI is InChI=1S/C20H24N4O2/c21-11-14-4-3-9-24(14)19(26)12-22-20(13-25)8-7-18-16(10-20)15-5-1-2-6-17(15)23-18/h1-2,5-6,14,22-23,25H,3-4,7-10,12-13H2. The van der Waals surface area contributed by atoms with Crippen LogP contribution in [0.15, 0.2) is 24.3 Å². The molecule has 2 unspecified atom stereocenters. The highest BCUT2D eigenvalue weighted by atomic mass is 16.3. The Bertz CT molecular complexity index is 868. The first-order valence-electron chi connectivity index (χ1n) is 9.29.